The van der Waals surface area contributed by atoms with Crippen molar-refractivity contribution in [1.29, 1.82) is 0 Å². The highest BCUT2D eigenvalue weighted by atomic mass is 35.5. The number of nitro benzene ring substituents is 1. The predicted octanol–water partition coefficient (Wildman–Crippen LogP) is 4.06. The van der Waals surface area contributed by atoms with Crippen LogP contribution in [0.3, 0.4) is 0 Å². The lowest BCUT2D eigenvalue weighted by atomic mass is 10.0. The van der Waals surface area contributed by atoms with Gasteiger partial charge in [-0.25, -0.2) is 8.42 Å². The number of halogens is 2. The molecule has 3 aromatic rings. The Kier molecular flexibility index (Phi) is 10.5. The van der Waals surface area contributed by atoms with Crippen LogP contribution < -0.4 is 14.4 Å². The number of non-ortho nitro benzene ring substituents is 1. The molecule has 2 amide bonds. The molecule has 0 unspecified atom stereocenters. The van der Waals surface area contributed by atoms with Crippen LogP contribution in [0.25, 0.3) is 0 Å². The minimum Gasteiger partial charge on any atom is -0.495 e. The zero-order valence-corrected chi connectivity index (χ0v) is 24.7. The van der Waals surface area contributed by atoms with E-state index < -0.39 is 45.0 Å². The number of rotatable bonds is 12. The smallest absolute Gasteiger partial charge is 0.271 e. The molecule has 0 aliphatic carbocycles. The van der Waals surface area contributed by atoms with Crippen molar-refractivity contribution in [1.82, 2.24) is 10.2 Å². The largest absolute Gasteiger partial charge is 0.495 e. The molecule has 0 radical (unpaired) electrons. The summed E-state index contributed by atoms with van der Waals surface area (Å²) in [5, 5.41) is 14.5. The molecule has 0 aliphatic heterocycles. The third-order valence-electron chi connectivity index (χ3n) is 6.18. The second kappa shape index (κ2) is 13.7. The van der Waals surface area contributed by atoms with Crippen LogP contribution in [-0.4, -0.2) is 63.1 Å². The van der Waals surface area contributed by atoms with Crippen molar-refractivity contribution < 1.29 is 27.7 Å². The van der Waals surface area contributed by atoms with Crippen LogP contribution in [0, 0.1) is 10.1 Å². The van der Waals surface area contributed by atoms with E-state index in [1.165, 1.54) is 25.1 Å². The Hall–Kier alpha value is -3.87. The molecular formula is C27H28Cl2N4O7S. The highest BCUT2D eigenvalue weighted by Gasteiger charge is 2.34. The fourth-order valence-corrected chi connectivity index (χ4v) is 5.30. The number of ether oxygens (including phenoxy) is 1. The molecule has 0 saturated heterocycles. The van der Waals surface area contributed by atoms with Gasteiger partial charge in [0, 0.05) is 32.1 Å². The van der Waals surface area contributed by atoms with E-state index in [1.807, 2.05) is 6.07 Å². The number of benzene rings is 3. The predicted molar refractivity (Wildman–Crippen MR) is 157 cm³/mol. The lowest BCUT2D eigenvalue weighted by Crippen LogP contribution is -2.52. The number of nitro groups is 1. The normalized spacial score (nSPS) is 11.8. The van der Waals surface area contributed by atoms with Gasteiger partial charge in [0.2, 0.25) is 21.8 Å². The van der Waals surface area contributed by atoms with Crippen molar-refractivity contribution in [2.45, 2.75) is 19.0 Å². The first-order valence-electron chi connectivity index (χ1n) is 12.1. The van der Waals surface area contributed by atoms with Gasteiger partial charge in [-0.2, -0.15) is 0 Å². The van der Waals surface area contributed by atoms with Gasteiger partial charge < -0.3 is 15.0 Å². The topological polar surface area (TPSA) is 139 Å². The van der Waals surface area contributed by atoms with Gasteiger partial charge in [0.1, 0.15) is 24.0 Å². The molecule has 0 saturated carbocycles. The second-order valence-corrected chi connectivity index (χ2v) is 11.7. The monoisotopic (exact) mass is 622 g/mol. The first-order chi connectivity index (χ1) is 19.3. The number of hydrogen-bond donors (Lipinski definition) is 1. The van der Waals surface area contributed by atoms with Crippen molar-refractivity contribution in [2.24, 2.45) is 0 Å². The van der Waals surface area contributed by atoms with Crippen LogP contribution >= 0.6 is 23.2 Å². The molecule has 0 bridgehead atoms. The molecule has 11 nitrogen and oxygen atoms in total. The maximum Gasteiger partial charge on any atom is 0.271 e. The number of carbonyl (C=O) groups is 2. The number of amides is 2. The average molecular weight is 624 g/mol. The van der Waals surface area contributed by atoms with Gasteiger partial charge in [-0.1, -0.05) is 59.6 Å². The SMILES string of the molecule is CNC(=O)[C@H](Cc1ccccc1)N(Cc1ccc(Cl)c(Cl)c1)C(=O)CN(c1cc([N+](=O)[O-])ccc1OC)S(C)(=O)=O. The number of likely N-dealkylation sites (N-methyl/N-ethyl adjacent to an activating group) is 1. The zero-order chi connectivity index (χ0) is 30.3. The van der Waals surface area contributed by atoms with Crippen molar-refractivity contribution in [3.8, 4) is 5.75 Å². The van der Waals surface area contributed by atoms with Gasteiger partial charge in [0.15, 0.2) is 0 Å². The van der Waals surface area contributed by atoms with Crippen molar-refractivity contribution in [3.63, 3.8) is 0 Å². The summed E-state index contributed by atoms with van der Waals surface area (Å²) in [5.74, 6) is -1.24. The Labute approximate surface area is 247 Å². The van der Waals surface area contributed by atoms with Gasteiger partial charge >= 0.3 is 0 Å². The summed E-state index contributed by atoms with van der Waals surface area (Å²) in [6.45, 7) is -0.899. The van der Waals surface area contributed by atoms with Gasteiger partial charge in [0.05, 0.1) is 28.3 Å². The number of nitrogens with one attached hydrogen (secondary N) is 1. The summed E-state index contributed by atoms with van der Waals surface area (Å²) in [6.07, 6.45) is 0.981. The van der Waals surface area contributed by atoms with Crippen molar-refractivity contribution >= 4 is 56.4 Å². The lowest BCUT2D eigenvalue weighted by Gasteiger charge is -2.33. The molecule has 0 spiro atoms. The summed E-state index contributed by atoms with van der Waals surface area (Å²) in [4.78, 5) is 39.2. The van der Waals surface area contributed by atoms with E-state index in [1.54, 1.807) is 42.5 Å². The highest BCUT2D eigenvalue weighted by molar-refractivity contribution is 7.92. The maximum atomic E-state index is 14.0. The first-order valence-corrected chi connectivity index (χ1v) is 14.7. The minimum absolute atomic E-state index is 0.00278. The number of anilines is 1. The van der Waals surface area contributed by atoms with Gasteiger partial charge in [-0.15, -0.1) is 0 Å². The Morgan fingerprint density at radius 1 is 1.02 bits per heavy atom. The van der Waals surface area contributed by atoms with Crippen LogP contribution in [0.15, 0.2) is 66.7 Å². The quantitative estimate of drug-likeness (QED) is 0.237. The molecule has 14 heteroatoms. The number of nitrogens with zero attached hydrogens (tertiary/aromatic N) is 3. The van der Waals surface area contributed by atoms with Gasteiger partial charge in [-0.3, -0.25) is 24.0 Å². The number of carbonyl (C=O) groups excluding carboxylic acids is 2. The van der Waals surface area contributed by atoms with Crippen LogP contribution in [0.5, 0.6) is 5.75 Å². The van der Waals surface area contributed by atoms with Crippen LogP contribution in [0.2, 0.25) is 10.0 Å². The standard InChI is InChI=1S/C27H28Cl2N4O7S/c1-30-27(35)24(14-18-7-5-4-6-8-18)31(16-19-9-11-21(28)22(29)13-19)26(34)17-32(41(3,38)39)23-15-20(33(36)37)10-12-25(23)40-2/h4-13,15,24H,14,16-17H2,1-3H3,(H,30,35)/t24-/m0/s1. The number of sulfonamides is 1. The Morgan fingerprint density at radius 3 is 2.27 bits per heavy atom. The fourth-order valence-electron chi connectivity index (χ4n) is 4.14. The molecule has 0 fully saturated rings. The summed E-state index contributed by atoms with van der Waals surface area (Å²) < 4.78 is 31.9. The van der Waals surface area contributed by atoms with Gasteiger partial charge in [0.25, 0.3) is 5.69 Å². The second-order valence-electron chi connectivity index (χ2n) is 8.97. The molecule has 1 N–H and O–H groups in total. The van der Waals surface area contributed by atoms with Crippen molar-refractivity contribution in [3.05, 3.63) is 98.0 Å². The molecule has 1 atom stereocenters. The van der Waals surface area contributed by atoms with Crippen LogP contribution in [0.1, 0.15) is 11.1 Å². The molecule has 0 heterocycles. The molecular weight excluding hydrogens is 595 g/mol. The molecule has 3 rings (SSSR count). The highest BCUT2D eigenvalue weighted by Crippen LogP contribution is 2.34. The van der Waals surface area contributed by atoms with E-state index >= 15 is 0 Å². The average Bonchev–Trinajstić information content (AvgIpc) is 2.94. The third-order valence-corrected chi connectivity index (χ3v) is 8.04. The Bertz CT molecular complexity index is 1540. The number of hydrogen-bond acceptors (Lipinski definition) is 7. The molecule has 3 aromatic carbocycles. The zero-order valence-electron chi connectivity index (χ0n) is 22.4. The summed E-state index contributed by atoms with van der Waals surface area (Å²) in [7, 11) is -1.47. The maximum absolute atomic E-state index is 14.0. The van der Waals surface area contributed by atoms with E-state index in [2.05, 4.69) is 5.32 Å². The first kappa shape index (κ1) is 31.7. The van der Waals surface area contributed by atoms with E-state index in [9.17, 15) is 28.1 Å². The van der Waals surface area contributed by atoms with Crippen LogP contribution in [-0.2, 0) is 32.6 Å². The molecule has 218 valence electrons. The van der Waals surface area contributed by atoms with E-state index in [-0.39, 0.29) is 29.4 Å². The summed E-state index contributed by atoms with van der Waals surface area (Å²) in [5.41, 5.74) is 0.690. The number of methoxy groups -OCH3 is 1. The third kappa shape index (κ3) is 8.09. The molecule has 0 aliphatic rings. The van der Waals surface area contributed by atoms with Gasteiger partial charge in [-0.05, 0) is 29.3 Å². The van der Waals surface area contributed by atoms with E-state index in [0.717, 1.165) is 24.0 Å². The Balaban J connectivity index is 2.12. The summed E-state index contributed by atoms with van der Waals surface area (Å²) in [6, 6.07) is 16.1. The molecule has 0 aromatic heterocycles. The lowest BCUT2D eigenvalue weighted by molar-refractivity contribution is -0.384. The van der Waals surface area contributed by atoms with Crippen LogP contribution in [0.4, 0.5) is 11.4 Å². The minimum atomic E-state index is -4.17. The fraction of sp³-hybridized carbons (Fsp3) is 0.259. The van der Waals surface area contributed by atoms with E-state index in [0.29, 0.717) is 14.9 Å². The molecule has 41 heavy (non-hydrogen) atoms. The van der Waals surface area contributed by atoms with E-state index in [4.69, 9.17) is 27.9 Å². The Morgan fingerprint density at radius 2 is 1.71 bits per heavy atom. The summed E-state index contributed by atoms with van der Waals surface area (Å²) >= 11 is 12.3. The van der Waals surface area contributed by atoms with Crippen molar-refractivity contribution in [2.75, 3.05) is 31.3 Å².